The zero-order chi connectivity index (χ0) is 24.9. The molecule has 3 aromatic carbocycles. The van der Waals surface area contributed by atoms with Crippen molar-refractivity contribution in [1.82, 2.24) is 4.90 Å². The molecule has 0 saturated carbocycles. The van der Waals surface area contributed by atoms with Crippen molar-refractivity contribution in [3.05, 3.63) is 92.3 Å². The zero-order valence-electron chi connectivity index (χ0n) is 19.5. The molecular formula is C27H24Cl2N2O3S. The van der Waals surface area contributed by atoms with Crippen LogP contribution in [0.3, 0.4) is 0 Å². The van der Waals surface area contributed by atoms with Crippen molar-refractivity contribution >= 4 is 57.8 Å². The molecule has 1 amide bonds. The number of methoxy groups -OCH3 is 1. The molecular weight excluding hydrogens is 503 g/mol. The van der Waals surface area contributed by atoms with E-state index in [-0.39, 0.29) is 12.5 Å². The molecule has 1 saturated heterocycles. The van der Waals surface area contributed by atoms with Crippen molar-refractivity contribution in [3.63, 3.8) is 0 Å². The minimum Gasteiger partial charge on any atom is -0.493 e. The first kappa shape index (κ1) is 25.2. The lowest BCUT2D eigenvalue weighted by Gasteiger charge is -2.14. The van der Waals surface area contributed by atoms with Crippen molar-refractivity contribution < 1.29 is 14.3 Å². The predicted molar refractivity (Wildman–Crippen MR) is 145 cm³/mol. The van der Waals surface area contributed by atoms with Gasteiger partial charge in [0.2, 0.25) is 0 Å². The molecule has 3 aromatic rings. The molecule has 0 spiro atoms. The van der Waals surface area contributed by atoms with Gasteiger partial charge >= 0.3 is 0 Å². The molecule has 5 nitrogen and oxygen atoms in total. The molecule has 180 valence electrons. The first-order chi connectivity index (χ1) is 16.9. The summed E-state index contributed by atoms with van der Waals surface area (Å²) in [5.74, 6) is 0.973. The standard InChI is InChI=1S/C27H24Cl2N2O3S/c1-4-18-8-5-6-10-22(18)30-27-31(2)26(32)24(35-27)15-19-9-7-11-23(33-3)25(19)34-16-17-12-13-20(28)21(29)14-17/h5-15H,4,16H2,1-3H3/b24-15+,30-27?. The Morgan fingerprint density at radius 3 is 2.60 bits per heavy atom. The average Bonchev–Trinajstić information content (AvgIpc) is 3.13. The normalized spacial score (nSPS) is 15.8. The fourth-order valence-electron chi connectivity index (χ4n) is 3.56. The lowest BCUT2D eigenvalue weighted by molar-refractivity contribution is -0.121. The second-order valence-electron chi connectivity index (χ2n) is 7.77. The highest BCUT2D eigenvalue weighted by molar-refractivity contribution is 8.18. The van der Waals surface area contributed by atoms with Crippen LogP contribution in [0.25, 0.3) is 6.08 Å². The number of ether oxygens (including phenoxy) is 2. The smallest absolute Gasteiger partial charge is 0.266 e. The van der Waals surface area contributed by atoms with Gasteiger partial charge in [0.25, 0.3) is 5.91 Å². The predicted octanol–water partition coefficient (Wildman–Crippen LogP) is 7.38. The highest BCUT2D eigenvalue weighted by Gasteiger charge is 2.31. The molecule has 1 aliphatic heterocycles. The van der Waals surface area contributed by atoms with E-state index in [4.69, 9.17) is 37.7 Å². The third-order valence-corrected chi connectivity index (χ3v) is 7.27. The summed E-state index contributed by atoms with van der Waals surface area (Å²) < 4.78 is 11.7. The number of halogens is 2. The van der Waals surface area contributed by atoms with Crippen LogP contribution < -0.4 is 9.47 Å². The molecule has 0 aliphatic carbocycles. The van der Waals surface area contributed by atoms with E-state index in [9.17, 15) is 4.79 Å². The molecule has 0 N–H and O–H groups in total. The zero-order valence-corrected chi connectivity index (χ0v) is 21.9. The van der Waals surface area contributed by atoms with Crippen molar-refractivity contribution in [2.75, 3.05) is 14.2 Å². The molecule has 1 aliphatic rings. The summed E-state index contributed by atoms with van der Waals surface area (Å²) in [4.78, 5) is 19.9. The Labute approximate surface area is 219 Å². The number of hydrogen-bond donors (Lipinski definition) is 0. The van der Waals surface area contributed by atoms with Crippen LogP contribution in [0.4, 0.5) is 5.69 Å². The van der Waals surface area contributed by atoms with Crippen molar-refractivity contribution in [1.29, 1.82) is 0 Å². The molecule has 1 heterocycles. The lowest BCUT2D eigenvalue weighted by Crippen LogP contribution is -2.23. The van der Waals surface area contributed by atoms with Gasteiger partial charge in [-0.3, -0.25) is 9.69 Å². The number of likely N-dealkylation sites (N-methyl/N-ethyl adjacent to an activating group) is 1. The van der Waals surface area contributed by atoms with Crippen LogP contribution in [-0.2, 0) is 17.8 Å². The maximum Gasteiger partial charge on any atom is 0.266 e. The van der Waals surface area contributed by atoms with Gasteiger partial charge in [0.15, 0.2) is 16.7 Å². The Kier molecular flexibility index (Phi) is 8.06. The number of thioether (sulfide) groups is 1. The third-order valence-electron chi connectivity index (χ3n) is 5.48. The number of hydrogen-bond acceptors (Lipinski definition) is 5. The number of nitrogens with zero attached hydrogens (tertiary/aromatic N) is 2. The molecule has 4 rings (SSSR count). The Hall–Kier alpha value is -2.93. The van der Waals surface area contributed by atoms with Gasteiger partial charge in [-0.1, -0.05) is 66.5 Å². The second-order valence-corrected chi connectivity index (χ2v) is 9.59. The minimum atomic E-state index is -0.124. The fourth-order valence-corrected chi connectivity index (χ4v) is 4.85. The van der Waals surface area contributed by atoms with Crippen LogP contribution in [0, 0.1) is 0 Å². The fraction of sp³-hybridized carbons (Fsp3) is 0.185. The maximum absolute atomic E-state index is 13.0. The topological polar surface area (TPSA) is 51.1 Å². The summed E-state index contributed by atoms with van der Waals surface area (Å²) in [6.07, 6.45) is 2.67. The van der Waals surface area contributed by atoms with Gasteiger partial charge in [-0.25, -0.2) is 4.99 Å². The Bertz CT molecular complexity index is 1320. The Balaban J connectivity index is 1.64. The van der Waals surface area contributed by atoms with E-state index in [0.717, 1.165) is 28.8 Å². The summed E-state index contributed by atoms with van der Waals surface area (Å²) in [6.45, 7) is 2.35. The van der Waals surface area contributed by atoms with Gasteiger partial charge in [0.1, 0.15) is 6.61 Å². The van der Waals surface area contributed by atoms with E-state index < -0.39 is 0 Å². The monoisotopic (exact) mass is 526 g/mol. The molecule has 0 bridgehead atoms. The summed E-state index contributed by atoms with van der Waals surface area (Å²) in [6, 6.07) is 18.9. The largest absolute Gasteiger partial charge is 0.493 e. The number of rotatable bonds is 7. The van der Waals surface area contributed by atoms with Crippen LogP contribution in [0.15, 0.2) is 70.6 Å². The first-order valence-electron chi connectivity index (χ1n) is 11.0. The van der Waals surface area contributed by atoms with Gasteiger partial charge < -0.3 is 9.47 Å². The molecule has 0 aromatic heterocycles. The second kappa shape index (κ2) is 11.2. The quantitative estimate of drug-likeness (QED) is 0.301. The molecule has 0 atom stereocenters. The number of aryl methyl sites for hydroxylation is 1. The molecule has 8 heteroatoms. The highest BCUT2D eigenvalue weighted by atomic mass is 35.5. The van der Waals surface area contributed by atoms with E-state index in [1.165, 1.54) is 11.8 Å². The summed E-state index contributed by atoms with van der Waals surface area (Å²) in [5, 5.41) is 1.57. The van der Waals surface area contributed by atoms with Crippen molar-refractivity contribution in [2.24, 2.45) is 4.99 Å². The Morgan fingerprint density at radius 2 is 1.86 bits per heavy atom. The maximum atomic E-state index is 13.0. The molecule has 0 unspecified atom stereocenters. The number of amides is 1. The summed E-state index contributed by atoms with van der Waals surface area (Å²) >= 11 is 13.5. The number of carbonyl (C=O) groups is 1. The van der Waals surface area contributed by atoms with Crippen molar-refractivity contribution in [3.8, 4) is 11.5 Å². The van der Waals surface area contributed by atoms with Crippen molar-refractivity contribution in [2.45, 2.75) is 20.0 Å². The van der Waals surface area contributed by atoms with E-state index in [1.807, 2.05) is 54.6 Å². The van der Waals surface area contributed by atoms with Crippen LogP contribution in [0.5, 0.6) is 11.5 Å². The van der Waals surface area contributed by atoms with E-state index in [1.54, 1.807) is 31.2 Å². The van der Waals surface area contributed by atoms with Crippen LogP contribution in [0.2, 0.25) is 10.0 Å². The SMILES string of the molecule is CCc1ccccc1N=C1S/C(=C/c2cccc(OC)c2OCc2ccc(Cl)c(Cl)c2)C(=O)N1C. The highest BCUT2D eigenvalue weighted by Crippen LogP contribution is 2.38. The van der Waals surface area contributed by atoms with E-state index >= 15 is 0 Å². The number of aliphatic imine (C=N–C) groups is 1. The average molecular weight is 527 g/mol. The molecule has 0 radical (unpaired) electrons. The number of amidine groups is 1. The molecule has 1 fully saturated rings. The van der Waals surface area contributed by atoms with Crippen LogP contribution in [0.1, 0.15) is 23.6 Å². The molecule has 35 heavy (non-hydrogen) atoms. The summed E-state index contributed by atoms with van der Waals surface area (Å²) in [5.41, 5.74) is 3.58. The van der Waals surface area contributed by atoms with Gasteiger partial charge in [-0.2, -0.15) is 0 Å². The van der Waals surface area contributed by atoms with E-state index in [2.05, 4.69) is 6.92 Å². The van der Waals surface area contributed by atoms with Gasteiger partial charge in [-0.05, 0) is 59.7 Å². The van der Waals surface area contributed by atoms with Gasteiger partial charge in [-0.15, -0.1) is 0 Å². The third kappa shape index (κ3) is 5.67. The number of benzene rings is 3. The van der Waals surface area contributed by atoms with Gasteiger partial charge in [0.05, 0.1) is 27.7 Å². The lowest BCUT2D eigenvalue weighted by atomic mass is 10.1. The Morgan fingerprint density at radius 1 is 1.06 bits per heavy atom. The number of para-hydroxylation sites is 2. The first-order valence-corrected chi connectivity index (χ1v) is 12.6. The minimum absolute atomic E-state index is 0.124. The van der Waals surface area contributed by atoms with Crippen LogP contribution in [-0.4, -0.2) is 30.1 Å². The number of carbonyl (C=O) groups excluding carboxylic acids is 1. The van der Waals surface area contributed by atoms with E-state index in [0.29, 0.717) is 31.6 Å². The van der Waals surface area contributed by atoms with Gasteiger partial charge in [0, 0.05) is 12.6 Å². The summed E-state index contributed by atoms with van der Waals surface area (Å²) in [7, 11) is 3.31. The van der Waals surface area contributed by atoms with Crippen LogP contribution >= 0.6 is 35.0 Å².